The van der Waals surface area contributed by atoms with Crippen molar-refractivity contribution in [2.24, 2.45) is 0 Å². The van der Waals surface area contributed by atoms with Gasteiger partial charge < -0.3 is 4.42 Å². The summed E-state index contributed by atoms with van der Waals surface area (Å²) in [5.74, 6) is -0.151. The minimum Gasteiger partial charge on any atom is -0.434 e. The van der Waals surface area contributed by atoms with E-state index >= 15 is 0 Å². The van der Waals surface area contributed by atoms with Gasteiger partial charge in [0.15, 0.2) is 5.58 Å². The van der Waals surface area contributed by atoms with E-state index in [1.54, 1.807) is 18.2 Å². The molecular weight excluding hydrogens is 260 g/mol. The number of oxazole rings is 1. The second-order valence-electron chi connectivity index (χ2n) is 2.87. The van der Waals surface area contributed by atoms with E-state index in [-0.39, 0.29) is 17.0 Å². The highest BCUT2D eigenvalue weighted by Crippen LogP contribution is 2.17. The summed E-state index contributed by atoms with van der Waals surface area (Å²) in [5, 5.41) is 8.84. The van der Waals surface area contributed by atoms with Crippen LogP contribution in [0.2, 0.25) is 0 Å². The first-order valence-electron chi connectivity index (χ1n) is 4.14. The maximum Gasteiger partial charge on any atom is 0.265 e. The molecule has 5 heteroatoms. The summed E-state index contributed by atoms with van der Waals surface area (Å²) in [4.78, 5) is 15.3. The van der Waals surface area contributed by atoms with E-state index in [9.17, 15) is 4.79 Å². The maximum absolute atomic E-state index is 11.3. The molecule has 0 saturated carbocycles. The third kappa shape index (κ3) is 1.76. The minimum absolute atomic E-state index is 0.0666. The van der Waals surface area contributed by atoms with E-state index in [0.29, 0.717) is 16.7 Å². The minimum atomic E-state index is -0.218. The molecule has 0 spiro atoms. The van der Waals surface area contributed by atoms with Gasteiger partial charge in [-0.25, -0.2) is 4.98 Å². The van der Waals surface area contributed by atoms with Gasteiger partial charge in [0.05, 0.1) is 17.0 Å². The van der Waals surface area contributed by atoms with Crippen molar-refractivity contribution in [3.63, 3.8) is 0 Å². The van der Waals surface area contributed by atoms with Crippen molar-refractivity contribution >= 4 is 32.8 Å². The Bertz CT molecular complexity index is 568. The Kier molecular flexibility index (Phi) is 2.52. The van der Waals surface area contributed by atoms with Crippen LogP contribution in [-0.2, 0) is 0 Å². The van der Waals surface area contributed by atoms with Crippen LogP contribution in [0.3, 0.4) is 0 Å². The van der Waals surface area contributed by atoms with Crippen LogP contribution in [0.4, 0.5) is 0 Å². The number of aromatic nitrogens is 1. The number of ketones is 1. The normalized spacial score (nSPS) is 10.1. The van der Waals surface area contributed by atoms with Gasteiger partial charge in [0, 0.05) is 6.07 Å². The van der Waals surface area contributed by atoms with Gasteiger partial charge in [-0.2, -0.15) is 5.26 Å². The fourth-order valence-corrected chi connectivity index (χ4v) is 1.41. The van der Waals surface area contributed by atoms with Crippen LogP contribution in [-0.4, -0.2) is 16.1 Å². The number of Topliss-reactive ketones (excluding diaryl/α,β-unsaturated/α-hetero) is 1. The number of nitriles is 1. The summed E-state index contributed by atoms with van der Waals surface area (Å²) in [6, 6.07) is 6.84. The lowest BCUT2D eigenvalue weighted by Gasteiger charge is -1.86. The highest BCUT2D eigenvalue weighted by atomic mass is 79.9. The van der Waals surface area contributed by atoms with Gasteiger partial charge in [-0.3, -0.25) is 4.79 Å². The van der Waals surface area contributed by atoms with Gasteiger partial charge in [0.2, 0.25) is 5.78 Å². The molecule has 0 aliphatic rings. The highest BCUT2D eigenvalue weighted by Gasteiger charge is 2.12. The van der Waals surface area contributed by atoms with Crippen LogP contribution < -0.4 is 0 Å². The molecule has 4 nitrogen and oxygen atoms in total. The molecule has 0 bridgehead atoms. The third-order valence-corrected chi connectivity index (χ3v) is 2.39. The molecule has 0 amide bonds. The lowest BCUT2D eigenvalue weighted by atomic mass is 10.2. The van der Waals surface area contributed by atoms with Gasteiger partial charge in [-0.05, 0) is 12.1 Å². The lowest BCUT2D eigenvalue weighted by molar-refractivity contribution is 0.0989. The van der Waals surface area contributed by atoms with Crippen molar-refractivity contribution < 1.29 is 9.21 Å². The van der Waals surface area contributed by atoms with E-state index in [4.69, 9.17) is 9.68 Å². The van der Waals surface area contributed by atoms with Crippen LogP contribution >= 0.6 is 15.9 Å². The average Bonchev–Trinajstić information content (AvgIpc) is 2.70. The predicted octanol–water partition coefficient (Wildman–Crippen LogP) is 2.28. The van der Waals surface area contributed by atoms with Crippen LogP contribution in [0.25, 0.3) is 11.1 Å². The first-order chi connectivity index (χ1) is 7.24. The standard InChI is InChI=1S/C10H5BrN2O2/c11-4-8(14)10-13-7-2-1-6(5-12)3-9(7)15-10/h1-3H,4H2. The number of benzene rings is 1. The summed E-state index contributed by atoms with van der Waals surface area (Å²) in [7, 11) is 0. The Morgan fingerprint density at radius 1 is 1.60 bits per heavy atom. The van der Waals surface area contributed by atoms with Gasteiger partial charge >= 0.3 is 0 Å². The lowest BCUT2D eigenvalue weighted by Crippen LogP contribution is -1.99. The highest BCUT2D eigenvalue weighted by molar-refractivity contribution is 9.09. The van der Waals surface area contributed by atoms with Crippen LogP contribution in [0.5, 0.6) is 0 Å². The largest absolute Gasteiger partial charge is 0.434 e. The molecule has 0 unspecified atom stereocenters. The molecule has 74 valence electrons. The number of halogens is 1. The number of nitrogens with zero attached hydrogens (tertiary/aromatic N) is 2. The maximum atomic E-state index is 11.3. The van der Waals surface area contributed by atoms with Gasteiger partial charge in [0.25, 0.3) is 5.89 Å². The molecule has 0 N–H and O–H groups in total. The molecule has 2 rings (SSSR count). The average molecular weight is 265 g/mol. The monoisotopic (exact) mass is 264 g/mol. The molecule has 1 aromatic heterocycles. The van der Waals surface area contributed by atoms with E-state index in [1.165, 1.54) is 0 Å². The summed E-state index contributed by atoms with van der Waals surface area (Å²) >= 11 is 3.03. The first-order valence-corrected chi connectivity index (χ1v) is 5.26. The van der Waals surface area contributed by atoms with Crippen molar-refractivity contribution in [3.8, 4) is 6.07 Å². The van der Waals surface area contributed by atoms with Crippen LogP contribution in [0.15, 0.2) is 22.6 Å². The van der Waals surface area contributed by atoms with Crippen molar-refractivity contribution in [2.75, 3.05) is 5.33 Å². The number of alkyl halides is 1. The number of hydrogen-bond donors (Lipinski definition) is 0. The molecule has 0 aliphatic heterocycles. The second kappa shape index (κ2) is 3.83. The number of rotatable bonds is 2. The van der Waals surface area contributed by atoms with E-state index in [1.807, 2.05) is 6.07 Å². The molecule has 1 heterocycles. The smallest absolute Gasteiger partial charge is 0.265 e. The topological polar surface area (TPSA) is 66.9 Å². The zero-order valence-corrected chi connectivity index (χ0v) is 9.11. The fraction of sp³-hybridized carbons (Fsp3) is 0.100. The molecular formula is C10H5BrN2O2. The van der Waals surface area contributed by atoms with E-state index in [2.05, 4.69) is 20.9 Å². The number of carbonyl (C=O) groups is 1. The van der Waals surface area contributed by atoms with E-state index in [0.717, 1.165) is 0 Å². The van der Waals surface area contributed by atoms with E-state index < -0.39 is 0 Å². The number of carbonyl (C=O) groups excluding carboxylic acids is 1. The first kappa shape index (κ1) is 9.87. The Hall–Kier alpha value is -1.67. The molecule has 0 radical (unpaired) electrons. The van der Waals surface area contributed by atoms with Crippen LogP contribution in [0, 0.1) is 11.3 Å². The number of fused-ring (bicyclic) bond motifs is 1. The van der Waals surface area contributed by atoms with Gasteiger partial charge in [-0.15, -0.1) is 0 Å². The molecule has 0 fully saturated rings. The number of hydrogen-bond acceptors (Lipinski definition) is 4. The molecule has 2 aromatic rings. The SMILES string of the molecule is N#Cc1ccc2nc(C(=O)CBr)oc2c1. The zero-order chi connectivity index (χ0) is 10.8. The van der Waals surface area contributed by atoms with Crippen molar-refractivity contribution in [1.29, 1.82) is 5.26 Å². The Morgan fingerprint density at radius 2 is 2.40 bits per heavy atom. The van der Waals surface area contributed by atoms with Crippen molar-refractivity contribution in [3.05, 3.63) is 29.7 Å². The summed E-state index contributed by atoms with van der Waals surface area (Å²) in [6.45, 7) is 0. The Labute approximate surface area is 93.6 Å². The molecule has 0 atom stereocenters. The van der Waals surface area contributed by atoms with Crippen LogP contribution in [0.1, 0.15) is 16.2 Å². The van der Waals surface area contributed by atoms with Crippen molar-refractivity contribution in [2.45, 2.75) is 0 Å². The second-order valence-corrected chi connectivity index (χ2v) is 3.43. The molecule has 0 aliphatic carbocycles. The Balaban J connectivity index is 2.57. The predicted molar refractivity (Wildman–Crippen MR) is 56.8 cm³/mol. The fourth-order valence-electron chi connectivity index (χ4n) is 1.17. The Morgan fingerprint density at radius 3 is 3.07 bits per heavy atom. The quantitative estimate of drug-likeness (QED) is 0.617. The third-order valence-electron chi connectivity index (χ3n) is 1.88. The summed E-state index contributed by atoms with van der Waals surface area (Å²) < 4.78 is 5.22. The molecule has 15 heavy (non-hydrogen) atoms. The molecule has 0 saturated heterocycles. The van der Waals surface area contributed by atoms with Gasteiger partial charge in [0.1, 0.15) is 5.52 Å². The summed E-state index contributed by atoms with van der Waals surface area (Å²) in [5.41, 5.74) is 1.52. The zero-order valence-electron chi connectivity index (χ0n) is 7.53. The van der Waals surface area contributed by atoms with Gasteiger partial charge in [-0.1, -0.05) is 15.9 Å². The molecule has 1 aromatic carbocycles. The summed E-state index contributed by atoms with van der Waals surface area (Å²) in [6.07, 6.45) is 0. The van der Waals surface area contributed by atoms with Crippen molar-refractivity contribution in [1.82, 2.24) is 4.98 Å².